The van der Waals surface area contributed by atoms with E-state index < -0.39 is 17.6 Å². The van der Waals surface area contributed by atoms with E-state index in [1.807, 2.05) is 4.90 Å². The van der Waals surface area contributed by atoms with Crippen LogP contribution in [0.15, 0.2) is 61.2 Å². The molecule has 0 saturated carbocycles. The van der Waals surface area contributed by atoms with E-state index in [0.717, 1.165) is 30.3 Å². The normalized spacial score (nSPS) is 14.6. The second-order valence-corrected chi connectivity index (χ2v) is 7.88. The van der Waals surface area contributed by atoms with E-state index in [4.69, 9.17) is 4.74 Å². The number of hydrogen-bond donors (Lipinski definition) is 2. The first kappa shape index (κ1) is 23.7. The van der Waals surface area contributed by atoms with Crippen LogP contribution in [0, 0.1) is 0 Å². The van der Waals surface area contributed by atoms with Gasteiger partial charge < -0.3 is 15.4 Å². The molecule has 1 aliphatic rings. The average Bonchev–Trinajstić information content (AvgIpc) is 2.84. The van der Waals surface area contributed by atoms with Crippen LogP contribution in [0.1, 0.15) is 11.1 Å². The highest BCUT2D eigenvalue weighted by Gasteiger charge is 2.34. The van der Waals surface area contributed by atoms with Crippen LogP contribution in [0.25, 0.3) is 11.1 Å². The maximum Gasteiger partial charge on any atom is 0.416 e. The van der Waals surface area contributed by atoms with Crippen LogP contribution in [0.5, 0.6) is 5.75 Å². The van der Waals surface area contributed by atoms with E-state index in [0.29, 0.717) is 18.8 Å². The van der Waals surface area contributed by atoms with Crippen molar-refractivity contribution in [1.29, 1.82) is 0 Å². The Morgan fingerprint density at radius 1 is 1.03 bits per heavy atom. The fourth-order valence-corrected chi connectivity index (χ4v) is 3.70. The van der Waals surface area contributed by atoms with Gasteiger partial charge in [-0.3, -0.25) is 9.69 Å². The highest BCUT2D eigenvalue weighted by atomic mass is 19.4. The number of rotatable bonds is 7. The number of alkyl halides is 3. The smallest absolute Gasteiger partial charge is 0.416 e. The summed E-state index contributed by atoms with van der Waals surface area (Å²) in [6.45, 7) is 2.74. The van der Waals surface area contributed by atoms with Gasteiger partial charge in [0.25, 0.3) is 5.91 Å². The molecule has 0 atom stereocenters. The van der Waals surface area contributed by atoms with Crippen molar-refractivity contribution in [2.24, 2.45) is 0 Å². The summed E-state index contributed by atoms with van der Waals surface area (Å²) in [6.07, 6.45) is 0.282. The Kier molecular flexibility index (Phi) is 7.39. The molecule has 3 aromatic rings. The molecular weight excluding hydrogens is 447 g/mol. The molecule has 2 N–H and O–H groups in total. The van der Waals surface area contributed by atoms with Crippen molar-refractivity contribution < 1.29 is 22.7 Å². The predicted octanol–water partition coefficient (Wildman–Crippen LogP) is 3.59. The number of aromatic nitrogens is 2. The van der Waals surface area contributed by atoms with E-state index >= 15 is 0 Å². The summed E-state index contributed by atoms with van der Waals surface area (Å²) in [4.78, 5) is 22.2. The maximum atomic E-state index is 13.7. The lowest BCUT2D eigenvalue weighted by Gasteiger charge is -2.28. The summed E-state index contributed by atoms with van der Waals surface area (Å²) in [5.74, 6) is -0.0957. The number of nitrogens with one attached hydrogen (secondary N) is 2. The number of amides is 1. The lowest BCUT2D eigenvalue weighted by atomic mass is 10.0. The molecule has 1 aliphatic heterocycles. The summed E-state index contributed by atoms with van der Waals surface area (Å²) in [7, 11) is 0. The summed E-state index contributed by atoms with van der Waals surface area (Å²) in [6, 6.07) is 10.9. The van der Waals surface area contributed by atoms with E-state index in [9.17, 15) is 18.0 Å². The molecule has 10 heteroatoms. The summed E-state index contributed by atoms with van der Waals surface area (Å²) >= 11 is 0. The molecule has 1 saturated heterocycles. The van der Waals surface area contributed by atoms with Crippen molar-refractivity contribution in [2.75, 3.05) is 38.1 Å². The van der Waals surface area contributed by atoms with Crippen LogP contribution in [-0.2, 0) is 17.5 Å². The molecule has 0 radical (unpaired) electrons. The Balaban J connectivity index is 1.36. The molecule has 1 fully saturated rings. The third-order valence-corrected chi connectivity index (χ3v) is 5.42. The van der Waals surface area contributed by atoms with Gasteiger partial charge in [0.2, 0.25) is 0 Å². The fourth-order valence-electron chi connectivity index (χ4n) is 3.70. The lowest BCUT2D eigenvalue weighted by Crippen LogP contribution is -2.43. The zero-order valence-electron chi connectivity index (χ0n) is 18.3. The highest BCUT2D eigenvalue weighted by Crippen LogP contribution is 2.34. The third-order valence-electron chi connectivity index (χ3n) is 5.42. The Labute approximate surface area is 195 Å². The Morgan fingerprint density at radius 3 is 2.41 bits per heavy atom. The molecular formula is C24H24F3N5O2. The Morgan fingerprint density at radius 2 is 1.74 bits per heavy atom. The maximum absolute atomic E-state index is 13.7. The molecule has 1 aromatic heterocycles. The van der Waals surface area contributed by atoms with Crippen LogP contribution >= 0.6 is 0 Å². The van der Waals surface area contributed by atoms with Crippen LogP contribution in [0.2, 0.25) is 0 Å². The van der Waals surface area contributed by atoms with Crippen molar-refractivity contribution in [3.05, 3.63) is 72.3 Å². The van der Waals surface area contributed by atoms with Crippen molar-refractivity contribution in [3.8, 4) is 16.9 Å². The third kappa shape index (κ3) is 6.30. The zero-order chi connectivity index (χ0) is 24.0. The van der Waals surface area contributed by atoms with E-state index in [1.54, 1.807) is 36.7 Å². The largest absolute Gasteiger partial charge is 0.484 e. The number of nitrogens with zero attached hydrogens (tertiary/aromatic N) is 3. The van der Waals surface area contributed by atoms with Gasteiger partial charge in [0.05, 0.1) is 5.56 Å². The van der Waals surface area contributed by atoms with E-state index in [2.05, 4.69) is 20.6 Å². The zero-order valence-corrected chi connectivity index (χ0v) is 18.3. The number of benzene rings is 2. The van der Waals surface area contributed by atoms with E-state index in [-0.39, 0.29) is 24.4 Å². The number of carbonyl (C=O) groups is 1. The van der Waals surface area contributed by atoms with Crippen molar-refractivity contribution in [2.45, 2.75) is 12.7 Å². The minimum Gasteiger partial charge on any atom is -0.484 e. The summed E-state index contributed by atoms with van der Waals surface area (Å²) in [5, 5.41) is 5.67. The monoisotopic (exact) mass is 471 g/mol. The first-order valence-electron chi connectivity index (χ1n) is 10.8. The minimum absolute atomic E-state index is 0.0735. The summed E-state index contributed by atoms with van der Waals surface area (Å²) < 4.78 is 46.5. The molecule has 4 rings (SSSR count). The highest BCUT2D eigenvalue weighted by molar-refractivity contribution is 5.92. The van der Waals surface area contributed by atoms with E-state index in [1.165, 1.54) is 18.5 Å². The van der Waals surface area contributed by atoms with Crippen LogP contribution < -0.4 is 15.4 Å². The molecule has 34 heavy (non-hydrogen) atoms. The van der Waals surface area contributed by atoms with Gasteiger partial charge in [0, 0.05) is 56.4 Å². The van der Waals surface area contributed by atoms with Gasteiger partial charge >= 0.3 is 6.18 Å². The van der Waals surface area contributed by atoms with Crippen LogP contribution in [-0.4, -0.2) is 53.6 Å². The quantitative estimate of drug-likeness (QED) is 0.549. The second-order valence-electron chi connectivity index (χ2n) is 7.88. The van der Waals surface area contributed by atoms with Gasteiger partial charge in [0.1, 0.15) is 12.1 Å². The SMILES string of the molecule is O=C(COc1ccc(-c2cncnc2)cc1)Nc1ccc(CN2CCNCC2)c(C(F)(F)F)c1. The van der Waals surface area contributed by atoms with Gasteiger partial charge in [-0.25, -0.2) is 9.97 Å². The number of carbonyl (C=O) groups excluding carboxylic acids is 1. The minimum atomic E-state index is -4.52. The molecule has 0 aliphatic carbocycles. The molecule has 0 unspecified atom stereocenters. The number of halogens is 3. The molecule has 0 spiro atoms. The molecule has 2 heterocycles. The first-order chi connectivity index (χ1) is 16.4. The molecule has 1 amide bonds. The van der Waals surface area contributed by atoms with Gasteiger partial charge in [-0.05, 0) is 35.4 Å². The topological polar surface area (TPSA) is 79.4 Å². The fraction of sp³-hybridized carbons (Fsp3) is 0.292. The number of anilines is 1. The average molecular weight is 471 g/mol. The van der Waals surface area contributed by atoms with Crippen molar-refractivity contribution in [1.82, 2.24) is 20.2 Å². The first-order valence-corrected chi connectivity index (χ1v) is 10.8. The molecule has 178 valence electrons. The van der Waals surface area contributed by atoms with Gasteiger partial charge in [-0.15, -0.1) is 0 Å². The molecule has 7 nitrogen and oxygen atoms in total. The van der Waals surface area contributed by atoms with Gasteiger partial charge in [-0.1, -0.05) is 18.2 Å². The second kappa shape index (κ2) is 10.6. The number of ether oxygens (including phenoxy) is 1. The molecule has 0 bridgehead atoms. The van der Waals surface area contributed by atoms with Crippen LogP contribution in [0.4, 0.5) is 18.9 Å². The predicted molar refractivity (Wildman–Crippen MR) is 121 cm³/mol. The van der Waals surface area contributed by atoms with Gasteiger partial charge in [0.15, 0.2) is 6.61 Å². The molecule has 2 aromatic carbocycles. The standard InChI is InChI=1S/C24H24F3N5O2/c25-24(26,27)22-11-20(4-1-18(22)14-32-9-7-28-8-10-32)31-23(33)15-34-21-5-2-17(3-6-21)19-12-29-16-30-13-19/h1-6,11-13,16,28H,7-10,14-15H2,(H,31,33). The lowest BCUT2D eigenvalue weighted by molar-refractivity contribution is -0.138. The Bertz CT molecular complexity index is 1100. The van der Waals surface area contributed by atoms with Crippen LogP contribution in [0.3, 0.4) is 0 Å². The number of piperazine rings is 1. The summed E-state index contributed by atoms with van der Waals surface area (Å²) in [5.41, 5.74) is 1.24. The number of hydrogen-bond acceptors (Lipinski definition) is 6. The van der Waals surface area contributed by atoms with Crippen molar-refractivity contribution >= 4 is 11.6 Å². The Hall–Kier alpha value is -3.50. The van der Waals surface area contributed by atoms with Gasteiger partial charge in [-0.2, -0.15) is 13.2 Å². The van der Waals surface area contributed by atoms with Crippen molar-refractivity contribution in [3.63, 3.8) is 0 Å².